The molecule has 0 spiro atoms. The summed E-state index contributed by atoms with van der Waals surface area (Å²) in [6.45, 7) is 7.27. The van der Waals surface area contributed by atoms with Crippen LogP contribution < -0.4 is 0 Å². The van der Waals surface area contributed by atoms with Crippen molar-refractivity contribution in [2.45, 2.75) is 85.1 Å². The number of Topliss-reactive ketones (excluding diaryl/α,β-unsaturated/α-hetero) is 1. The van der Waals surface area contributed by atoms with E-state index in [4.69, 9.17) is 4.74 Å². The molecule has 4 aliphatic carbocycles. The maximum atomic E-state index is 13.4. The number of esters is 1. The van der Waals surface area contributed by atoms with Gasteiger partial charge in [-0.05, 0) is 99.2 Å². The average molecular weight is 441 g/mol. The highest BCUT2D eigenvalue weighted by Gasteiger charge is 2.58. The molecule has 0 saturated heterocycles. The molecule has 0 bridgehead atoms. The smallest absolute Gasteiger partial charge is 0.341 e. The molecule has 4 fully saturated rings. The largest absolute Gasteiger partial charge is 0.462 e. The highest BCUT2D eigenvalue weighted by atomic mass is 16.5. The van der Waals surface area contributed by atoms with Gasteiger partial charge in [0.25, 0.3) is 0 Å². The van der Waals surface area contributed by atoms with Crippen LogP contribution in [0, 0.1) is 46.8 Å². The number of ether oxygens (including phenoxy) is 1. The topological polar surface area (TPSA) is 61.2 Å². The van der Waals surface area contributed by atoms with Crippen molar-refractivity contribution in [3.8, 4) is 0 Å². The van der Waals surface area contributed by atoms with E-state index >= 15 is 0 Å². The predicted molar refractivity (Wildman–Crippen MR) is 123 cm³/mol. The molecule has 1 heterocycles. The van der Waals surface area contributed by atoms with Gasteiger partial charge in [-0.15, -0.1) is 0 Å². The summed E-state index contributed by atoms with van der Waals surface area (Å²) in [4.78, 5) is 25.4. The van der Waals surface area contributed by atoms with Gasteiger partial charge in [0.05, 0.1) is 24.9 Å². The average Bonchev–Trinajstić information content (AvgIpc) is 3.37. The van der Waals surface area contributed by atoms with Crippen LogP contribution in [0.2, 0.25) is 0 Å². The van der Waals surface area contributed by atoms with Crippen LogP contribution in [0.4, 0.5) is 0 Å². The van der Waals surface area contributed by atoms with Gasteiger partial charge < -0.3 is 4.74 Å². The summed E-state index contributed by atoms with van der Waals surface area (Å²) in [6.07, 6.45) is 15.1. The SMILES string of the molecule is CCOC(=O)c1cnn(CC(=O)C2CCC3C4CCC5CC(C)CCC5C4CCC23C)c1. The van der Waals surface area contributed by atoms with Gasteiger partial charge in [-0.2, -0.15) is 5.10 Å². The summed E-state index contributed by atoms with van der Waals surface area (Å²) in [6, 6.07) is 0. The Bertz CT molecular complexity index is 863. The van der Waals surface area contributed by atoms with E-state index < -0.39 is 0 Å². The summed E-state index contributed by atoms with van der Waals surface area (Å²) in [7, 11) is 0. The van der Waals surface area contributed by atoms with Crippen molar-refractivity contribution in [1.82, 2.24) is 9.78 Å². The second-order valence-corrected chi connectivity index (χ2v) is 11.6. The van der Waals surface area contributed by atoms with E-state index in [9.17, 15) is 9.59 Å². The monoisotopic (exact) mass is 440 g/mol. The van der Waals surface area contributed by atoms with Crippen molar-refractivity contribution >= 4 is 11.8 Å². The molecule has 0 N–H and O–H groups in total. The minimum atomic E-state index is -0.370. The van der Waals surface area contributed by atoms with E-state index in [0.717, 1.165) is 36.0 Å². The summed E-state index contributed by atoms with van der Waals surface area (Å²) in [5, 5.41) is 4.27. The summed E-state index contributed by atoms with van der Waals surface area (Å²) in [5.41, 5.74) is 0.568. The highest BCUT2D eigenvalue weighted by molar-refractivity contribution is 5.89. The zero-order valence-corrected chi connectivity index (χ0v) is 20.1. The van der Waals surface area contributed by atoms with E-state index in [2.05, 4.69) is 18.9 Å². The Kier molecular flexibility index (Phi) is 5.96. The molecule has 5 nitrogen and oxygen atoms in total. The Morgan fingerprint density at radius 1 is 1.09 bits per heavy atom. The number of ketones is 1. The van der Waals surface area contributed by atoms with Gasteiger partial charge in [0, 0.05) is 12.1 Å². The lowest BCUT2D eigenvalue weighted by atomic mass is 9.49. The molecular weight excluding hydrogens is 400 g/mol. The van der Waals surface area contributed by atoms with E-state index in [1.807, 2.05) is 0 Å². The third-order valence-electron chi connectivity index (χ3n) is 10.1. The maximum absolute atomic E-state index is 13.4. The van der Waals surface area contributed by atoms with Crippen molar-refractivity contribution in [3.05, 3.63) is 18.0 Å². The number of carbonyl (C=O) groups is 2. The standard InChI is InChI=1S/C27H40N2O3/c1-4-32-26(31)19-14-28-29(15-19)16-25(30)24-10-9-23-22-8-6-18-13-17(2)5-7-20(18)21(22)11-12-27(23,24)3/h14-15,17-18,20-24H,4-13,16H2,1-3H3. The molecule has 0 aromatic carbocycles. The van der Waals surface area contributed by atoms with Gasteiger partial charge in [0.2, 0.25) is 0 Å². The Balaban J connectivity index is 1.27. The fourth-order valence-electron chi connectivity index (χ4n) is 8.66. The molecule has 32 heavy (non-hydrogen) atoms. The fraction of sp³-hybridized carbons (Fsp3) is 0.815. The minimum absolute atomic E-state index is 0.132. The van der Waals surface area contributed by atoms with Crippen LogP contribution in [0.3, 0.4) is 0 Å². The van der Waals surface area contributed by atoms with Gasteiger partial charge in [0.1, 0.15) is 0 Å². The lowest BCUT2D eigenvalue weighted by Crippen LogP contribution is -2.49. The Labute approximate surface area is 192 Å². The van der Waals surface area contributed by atoms with Gasteiger partial charge in [0.15, 0.2) is 5.78 Å². The first-order valence-corrected chi connectivity index (χ1v) is 13.1. The molecule has 8 atom stereocenters. The lowest BCUT2D eigenvalue weighted by molar-refractivity contribution is -0.131. The van der Waals surface area contributed by atoms with Crippen LogP contribution in [-0.2, 0) is 16.1 Å². The van der Waals surface area contributed by atoms with Crippen LogP contribution in [0.25, 0.3) is 0 Å². The van der Waals surface area contributed by atoms with Crippen LogP contribution in [0.1, 0.15) is 88.9 Å². The number of rotatable bonds is 5. The van der Waals surface area contributed by atoms with Crippen LogP contribution >= 0.6 is 0 Å². The predicted octanol–water partition coefficient (Wildman–Crippen LogP) is 5.53. The number of carbonyl (C=O) groups excluding carboxylic acids is 2. The van der Waals surface area contributed by atoms with Crippen LogP contribution in [-0.4, -0.2) is 28.1 Å². The van der Waals surface area contributed by atoms with Crippen molar-refractivity contribution in [1.29, 1.82) is 0 Å². The third-order valence-corrected chi connectivity index (χ3v) is 10.1. The fourth-order valence-corrected chi connectivity index (χ4v) is 8.66. The number of nitrogens with zero attached hydrogens (tertiary/aromatic N) is 2. The summed E-state index contributed by atoms with van der Waals surface area (Å²) >= 11 is 0. The second-order valence-electron chi connectivity index (χ2n) is 11.6. The molecule has 5 rings (SSSR count). The molecular formula is C27H40N2O3. The van der Waals surface area contributed by atoms with Crippen molar-refractivity contribution in [2.24, 2.45) is 46.8 Å². The summed E-state index contributed by atoms with van der Waals surface area (Å²) < 4.78 is 6.68. The Hall–Kier alpha value is -1.65. The van der Waals surface area contributed by atoms with Gasteiger partial charge in [-0.25, -0.2) is 4.79 Å². The molecule has 176 valence electrons. The van der Waals surface area contributed by atoms with Gasteiger partial charge in [-0.3, -0.25) is 9.48 Å². The first-order chi connectivity index (χ1) is 15.4. The van der Waals surface area contributed by atoms with Crippen molar-refractivity contribution in [3.63, 3.8) is 0 Å². The van der Waals surface area contributed by atoms with E-state index in [0.29, 0.717) is 23.9 Å². The first-order valence-electron chi connectivity index (χ1n) is 13.1. The number of hydrogen-bond donors (Lipinski definition) is 0. The minimum Gasteiger partial charge on any atom is -0.462 e. The van der Waals surface area contributed by atoms with Crippen molar-refractivity contribution in [2.75, 3.05) is 6.61 Å². The normalized spacial score (nSPS) is 40.8. The molecule has 0 radical (unpaired) electrons. The van der Waals surface area contributed by atoms with E-state index in [1.54, 1.807) is 17.8 Å². The number of aromatic nitrogens is 2. The molecule has 0 amide bonds. The van der Waals surface area contributed by atoms with Gasteiger partial charge >= 0.3 is 5.97 Å². The molecule has 4 saturated carbocycles. The third kappa shape index (κ3) is 3.74. The molecule has 5 heteroatoms. The number of fused-ring (bicyclic) bond motifs is 5. The number of hydrogen-bond acceptors (Lipinski definition) is 4. The Morgan fingerprint density at radius 2 is 1.91 bits per heavy atom. The molecule has 0 aliphatic heterocycles. The van der Waals surface area contributed by atoms with Gasteiger partial charge in [-0.1, -0.05) is 20.3 Å². The Morgan fingerprint density at radius 3 is 2.72 bits per heavy atom. The lowest BCUT2D eigenvalue weighted by Gasteiger charge is -2.56. The summed E-state index contributed by atoms with van der Waals surface area (Å²) in [5.74, 6) is 5.36. The van der Waals surface area contributed by atoms with E-state index in [1.165, 1.54) is 57.6 Å². The zero-order chi connectivity index (χ0) is 22.5. The van der Waals surface area contributed by atoms with Crippen LogP contribution in [0.5, 0.6) is 0 Å². The zero-order valence-electron chi connectivity index (χ0n) is 20.1. The first kappa shape index (κ1) is 22.2. The molecule has 4 aliphatic rings. The van der Waals surface area contributed by atoms with E-state index in [-0.39, 0.29) is 23.8 Å². The van der Waals surface area contributed by atoms with Crippen LogP contribution in [0.15, 0.2) is 12.4 Å². The molecule has 1 aromatic rings. The molecule has 8 unspecified atom stereocenters. The molecule has 1 aromatic heterocycles. The highest BCUT2D eigenvalue weighted by Crippen LogP contribution is 2.64. The second kappa shape index (κ2) is 8.61. The quantitative estimate of drug-likeness (QED) is 0.565. The van der Waals surface area contributed by atoms with Crippen molar-refractivity contribution < 1.29 is 14.3 Å². The maximum Gasteiger partial charge on any atom is 0.341 e.